The summed E-state index contributed by atoms with van der Waals surface area (Å²) < 4.78 is 0. The smallest absolute Gasteiger partial charge is 0.158 e. The van der Waals surface area contributed by atoms with Crippen LogP contribution in [0.25, 0.3) is 0 Å². The van der Waals surface area contributed by atoms with E-state index >= 15 is 0 Å². The Kier molecular flexibility index (Phi) is 7.60. The number of unbranched alkanes of at least 4 members (excludes halogenated alkanes) is 3. The lowest BCUT2D eigenvalue weighted by molar-refractivity contribution is -0.121. The predicted octanol–water partition coefficient (Wildman–Crippen LogP) is 2.23. The van der Waals surface area contributed by atoms with E-state index in [0.29, 0.717) is 6.42 Å². The second-order valence-corrected chi connectivity index (χ2v) is 5.45. The standard InChI is InChI=1S/C13H27NO2/c1-13(2,3)14(4)10-8-6-5-7-9-12(16)11-15/h15H,5-11H2,1-4H3. The monoisotopic (exact) mass is 229 g/mol. The highest BCUT2D eigenvalue weighted by Gasteiger charge is 2.15. The molecule has 16 heavy (non-hydrogen) atoms. The van der Waals surface area contributed by atoms with E-state index in [4.69, 9.17) is 5.11 Å². The largest absolute Gasteiger partial charge is 0.389 e. The minimum Gasteiger partial charge on any atom is -0.389 e. The first-order valence-electron chi connectivity index (χ1n) is 6.21. The molecule has 96 valence electrons. The molecule has 0 heterocycles. The lowest BCUT2D eigenvalue weighted by Crippen LogP contribution is -2.38. The Hall–Kier alpha value is -0.410. The fourth-order valence-corrected chi connectivity index (χ4v) is 1.44. The fraction of sp³-hybridized carbons (Fsp3) is 0.923. The second kappa shape index (κ2) is 7.80. The van der Waals surface area contributed by atoms with Crippen LogP contribution in [-0.4, -0.2) is 41.5 Å². The molecular weight excluding hydrogens is 202 g/mol. The molecular formula is C13H27NO2. The highest BCUT2D eigenvalue weighted by molar-refractivity contribution is 5.79. The lowest BCUT2D eigenvalue weighted by atomic mass is 10.1. The first kappa shape index (κ1) is 15.6. The van der Waals surface area contributed by atoms with Gasteiger partial charge in [0.25, 0.3) is 0 Å². The zero-order valence-electron chi connectivity index (χ0n) is 11.3. The highest BCUT2D eigenvalue weighted by atomic mass is 16.3. The average molecular weight is 229 g/mol. The molecule has 0 aromatic heterocycles. The van der Waals surface area contributed by atoms with Crippen molar-refractivity contribution in [3.63, 3.8) is 0 Å². The van der Waals surface area contributed by atoms with Gasteiger partial charge in [-0.05, 0) is 47.2 Å². The summed E-state index contributed by atoms with van der Waals surface area (Å²) in [5, 5.41) is 8.54. The molecule has 0 aromatic carbocycles. The molecule has 0 fully saturated rings. The Bertz CT molecular complexity index is 197. The van der Waals surface area contributed by atoms with Crippen LogP contribution in [0.2, 0.25) is 0 Å². The first-order chi connectivity index (χ1) is 7.38. The minimum absolute atomic E-state index is 0.0354. The maximum absolute atomic E-state index is 10.8. The van der Waals surface area contributed by atoms with Crippen molar-refractivity contribution in [1.29, 1.82) is 0 Å². The number of ketones is 1. The third-order valence-electron chi connectivity index (χ3n) is 3.02. The molecule has 0 saturated carbocycles. The number of rotatable bonds is 8. The summed E-state index contributed by atoms with van der Waals surface area (Å²) in [6.45, 7) is 7.46. The Balaban J connectivity index is 3.37. The molecule has 0 atom stereocenters. The maximum atomic E-state index is 10.8. The van der Waals surface area contributed by atoms with Gasteiger partial charge in [-0.15, -0.1) is 0 Å². The van der Waals surface area contributed by atoms with E-state index in [9.17, 15) is 4.79 Å². The van der Waals surface area contributed by atoms with Crippen molar-refractivity contribution in [2.24, 2.45) is 0 Å². The highest BCUT2D eigenvalue weighted by Crippen LogP contribution is 2.12. The molecule has 0 radical (unpaired) electrons. The van der Waals surface area contributed by atoms with Crippen molar-refractivity contribution in [3.8, 4) is 0 Å². The quantitative estimate of drug-likeness (QED) is 0.649. The molecule has 0 saturated heterocycles. The summed E-state index contributed by atoms with van der Waals surface area (Å²) in [5.74, 6) is -0.0354. The van der Waals surface area contributed by atoms with E-state index in [2.05, 4.69) is 32.7 Å². The Labute approximate surface area is 99.8 Å². The molecule has 0 aromatic rings. The molecule has 3 nitrogen and oxygen atoms in total. The summed E-state index contributed by atoms with van der Waals surface area (Å²) >= 11 is 0. The number of hydrogen-bond acceptors (Lipinski definition) is 3. The van der Waals surface area contributed by atoms with Crippen LogP contribution in [0, 0.1) is 0 Å². The van der Waals surface area contributed by atoms with Gasteiger partial charge in [-0.1, -0.05) is 12.8 Å². The summed E-state index contributed by atoms with van der Waals surface area (Å²) in [6.07, 6.45) is 4.88. The number of carbonyl (C=O) groups is 1. The zero-order chi connectivity index (χ0) is 12.6. The topological polar surface area (TPSA) is 40.5 Å². The summed E-state index contributed by atoms with van der Waals surface area (Å²) in [7, 11) is 2.15. The third-order valence-corrected chi connectivity index (χ3v) is 3.02. The van der Waals surface area contributed by atoms with Crippen LogP contribution in [0.1, 0.15) is 52.9 Å². The molecule has 0 aliphatic heterocycles. The lowest BCUT2D eigenvalue weighted by Gasteiger charge is -2.31. The Morgan fingerprint density at radius 3 is 2.19 bits per heavy atom. The van der Waals surface area contributed by atoms with Crippen LogP contribution in [0.4, 0.5) is 0 Å². The van der Waals surface area contributed by atoms with Gasteiger partial charge in [0.15, 0.2) is 5.78 Å². The maximum Gasteiger partial charge on any atom is 0.158 e. The predicted molar refractivity (Wildman–Crippen MR) is 67.6 cm³/mol. The minimum atomic E-state index is -0.299. The number of aliphatic hydroxyl groups is 1. The molecule has 0 aliphatic carbocycles. The van der Waals surface area contributed by atoms with E-state index in [0.717, 1.165) is 19.4 Å². The second-order valence-electron chi connectivity index (χ2n) is 5.45. The number of carbonyl (C=O) groups excluding carboxylic acids is 1. The molecule has 0 rings (SSSR count). The SMILES string of the molecule is CN(CCCCCCC(=O)CO)C(C)(C)C. The number of hydrogen-bond donors (Lipinski definition) is 1. The van der Waals surface area contributed by atoms with Gasteiger partial charge in [0.1, 0.15) is 6.61 Å². The van der Waals surface area contributed by atoms with Crippen LogP contribution >= 0.6 is 0 Å². The van der Waals surface area contributed by atoms with E-state index in [1.807, 2.05) is 0 Å². The Morgan fingerprint density at radius 1 is 1.12 bits per heavy atom. The molecule has 0 spiro atoms. The molecule has 3 heteroatoms. The van der Waals surface area contributed by atoms with Crippen LogP contribution in [-0.2, 0) is 4.79 Å². The fourth-order valence-electron chi connectivity index (χ4n) is 1.44. The number of Topliss-reactive ketones (excluding diaryl/α,β-unsaturated/α-hetero) is 1. The average Bonchev–Trinajstić information content (AvgIpc) is 2.20. The normalized spacial score (nSPS) is 12.1. The van der Waals surface area contributed by atoms with Crippen LogP contribution in [0.5, 0.6) is 0 Å². The van der Waals surface area contributed by atoms with Gasteiger partial charge in [0, 0.05) is 12.0 Å². The van der Waals surface area contributed by atoms with Gasteiger partial charge < -0.3 is 10.0 Å². The van der Waals surface area contributed by atoms with Crippen LogP contribution < -0.4 is 0 Å². The molecule has 1 N–H and O–H groups in total. The van der Waals surface area contributed by atoms with Crippen molar-refractivity contribution in [2.75, 3.05) is 20.2 Å². The van der Waals surface area contributed by atoms with Gasteiger partial charge >= 0.3 is 0 Å². The zero-order valence-corrected chi connectivity index (χ0v) is 11.3. The number of aliphatic hydroxyl groups excluding tert-OH is 1. The molecule has 0 amide bonds. The van der Waals surface area contributed by atoms with Gasteiger partial charge in [-0.3, -0.25) is 4.79 Å². The summed E-state index contributed by atoms with van der Waals surface area (Å²) in [4.78, 5) is 13.2. The van der Waals surface area contributed by atoms with Crippen LogP contribution in [0.3, 0.4) is 0 Å². The number of nitrogens with zero attached hydrogens (tertiary/aromatic N) is 1. The Morgan fingerprint density at radius 2 is 1.69 bits per heavy atom. The van der Waals surface area contributed by atoms with E-state index in [1.165, 1.54) is 12.8 Å². The van der Waals surface area contributed by atoms with Gasteiger partial charge in [-0.2, -0.15) is 0 Å². The van der Waals surface area contributed by atoms with Crippen molar-refractivity contribution < 1.29 is 9.90 Å². The van der Waals surface area contributed by atoms with E-state index in [1.54, 1.807) is 0 Å². The third kappa shape index (κ3) is 7.83. The van der Waals surface area contributed by atoms with Crippen molar-refractivity contribution >= 4 is 5.78 Å². The van der Waals surface area contributed by atoms with Gasteiger partial charge in [0.05, 0.1) is 0 Å². The van der Waals surface area contributed by atoms with Crippen LogP contribution in [0.15, 0.2) is 0 Å². The van der Waals surface area contributed by atoms with E-state index < -0.39 is 0 Å². The van der Waals surface area contributed by atoms with Gasteiger partial charge in [0.2, 0.25) is 0 Å². The van der Waals surface area contributed by atoms with Crippen molar-refractivity contribution in [1.82, 2.24) is 4.90 Å². The summed E-state index contributed by atoms with van der Waals surface area (Å²) in [6, 6.07) is 0. The van der Waals surface area contributed by atoms with Crippen molar-refractivity contribution in [2.45, 2.75) is 58.4 Å². The first-order valence-corrected chi connectivity index (χ1v) is 6.21. The van der Waals surface area contributed by atoms with Gasteiger partial charge in [-0.25, -0.2) is 0 Å². The summed E-state index contributed by atoms with van der Waals surface area (Å²) in [5.41, 5.74) is 0.243. The molecule has 0 aliphatic rings. The van der Waals surface area contributed by atoms with E-state index in [-0.39, 0.29) is 17.9 Å². The molecule has 0 unspecified atom stereocenters. The van der Waals surface area contributed by atoms with Crippen molar-refractivity contribution in [3.05, 3.63) is 0 Å². The molecule has 0 bridgehead atoms.